The Kier molecular flexibility index (Phi) is 4.60. The zero-order valence-corrected chi connectivity index (χ0v) is 23.9. The van der Waals surface area contributed by atoms with Crippen LogP contribution in [0.4, 0.5) is 0 Å². The summed E-state index contributed by atoms with van der Waals surface area (Å²) in [5.41, 5.74) is 3.91. The molecule has 0 aliphatic rings. The zero-order valence-electron chi connectivity index (χ0n) is 28.1. The van der Waals surface area contributed by atoms with E-state index in [1.807, 2.05) is 54.6 Å². The topological polar surface area (TPSA) is 51.8 Å². The summed E-state index contributed by atoms with van der Waals surface area (Å²) in [6.07, 6.45) is 0. The van der Waals surface area contributed by atoms with Gasteiger partial charge in [-0.15, -0.1) is 11.3 Å². The molecule has 0 aliphatic carbocycles. The van der Waals surface area contributed by atoms with Gasteiger partial charge in [-0.05, 0) is 23.8 Å². The van der Waals surface area contributed by atoms with Gasteiger partial charge in [0.15, 0.2) is 17.5 Å². The molecule has 0 saturated carbocycles. The highest BCUT2D eigenvalue weighted by molar-refractivity contribution is 7.25. The van der Waals surface area contributed by atoms with E-state index in [1.165, 1.54) is 15.5 Å². The monoisotopic (exact) mass is 586 g/mol. The first-order valence-corrected chi connectivity index (χ1v) is 14.9. The number of hydrogen-bond donors (Lipinski definition) is 0. The number of benzene rings is 6. The summed E-state index contributed by atoms with van der Waals surface area (Å²) in [5, 5.41) is 3.87. The average molecular weight is 587 g/mol. The molecule has 0 amide bonds. The number of hydrogen-bond acceptors (Lipinski definition) is 5. The van der Waals surface area contributed by atoms with E-state index in [9.17, 15) is 0 Å². The molecule has 0 bridgehead atoms. The predicted octanol–water partition coefficient (Wildman–Crippen LogP) is 10.8. The molecule has 44 heavy (non-hydrogen) atoms. The molecule has 0 aliphatic heterocycles. The van der Waals surface area contributed by atoms with E-state index >= 15 is 0 Å². The lowest BCUT2D eigenvalue weighted by Gasteiger charge is -2.09. The lowest BCUT2D eigenvalue weighted by Crippen LogP contribution is -2.00. The molecule has 206 valence electrons. The lowest BCUT2D eigenvalue weighted by molar-refractivity contribution is 0.670. The number of para-hydroxylation sites is 1. The Morgan fingerprint density at radius 3 is 2.11 bits per heavy atom. The number of rotatable bonds is 4. The minimum absolute atomic E-state index is 0.0858. The summed E-state index contributed by atoms with van der Waals surface area (Å²) < 4.78 is 50.5. The Morgan fingerprint density at radius 1 is 0.523 bits per heavy atom. The van der Waals surface area contributed by atoms with Gasteiger partial charge in [0.1, 0.15) is 11.2 Å². The van der Waals surface area contributed by atoms with Crippen molar-refractivity contribution in [3.63, 3.8) is 0 Å². The van der Waals surface area contributed by atoms with Crippen LogP contribution in [0.15, 0.2) is 144 Å². The number of thiophene rings is 1. The van der Waals surface area contributed by atoms with Gasteiger partial charge in [-0.2, -0.15) is 0 Å². The summed E-state index contributed by atoms with van der Waals surface area (Å²) in [5.74, 6) is 1.52. The van der Waals surface area contributed by atoms with Crippen LogP contribution in [0.3, 0.4) is 0 Å². The summed E-state index contributed by atoms with van der Waals surface area (Å²) >= 11 is 1.74. The van der Waals surface area contributed by atoms with Crippen molar-refractivity contribution in [1.29, 1.82) is 0 Å². The second kappa shape index (κ2) is 9.97. The molecule has 0 radical (unpaired) electrons. The molecule has 0 fully saturated rings. The van der Waals surface area contributed by atoms with Crippen molar-refractivity contribution in [2.75, 3.05) is 0 Å². The maximum atomic E-state index is 8.61. The fourth-order valence-electron chi connectivity index (χ4n) is 5.82. The van der Waals surface area contributed by atoms with Crippen LogP contribution in [0.5, 0.6) is 0 Å². The third-order valence-electron chi connectivity index (χ3n) is 7.84. The van der Waals surface area contributed by atoms with Gasteiger partial charge in [0.25, 0.3) is 0 Å². The van der Waals surface area contributed by atoms with Crippen LogP contribution in [0, 0.1) is 0 Å². The van der Waals surface area contributed by atoms with Crippen molar-refractivity contribution in [1.82, 2.24) is 15.0 Å². The van der Waals surface area contributed by atoms with Crippen LogP contribution in [0.2, 0.25) is 0 Å². The molecule has 3 aromatic heterocycles. The molecule has 6 aromatic carbocycles. The Labute approximate surface area is 264 Å². The first kappa shape index (κ1) is 20.3. The van der Waals surface area contributed by atoms with Gasteiger partial charge in [0, 0.05) is 53.2 Å². The molecule has 0 spiro atoms. The molecule has 9 aromatic rings. The third kappa shape index (κ3) is 4.02. The second-order valence-electron chi connectivity index (χ2n) is 10.4. The minimum Gasteiger partial charge on any atom is -0.455 e. The molecule has 0 atom stereocenters. The van der Waals surface area contributed by atoms with E-state index in [0.717, 1.165) is 26.8 Å². The van der Waals surface area contributed by atoms with E-state index in [-0.39, 0.29) is 17.6 Å². The summed E-state index contributed by atoms with van der Waals surface area (Å²) in [4.78, 5) is 15.0. The van der Waals surface area contributed by atoms with Gasteiger partial charge < -0.3 is 4.42 Å². The van der Waals surface area contributed by atoms with Crippen LogP contribution in [-0.2, 0) is 0 Å². The molecular weight excluding hydrogens is 559 g/mol. The summed E-state index contributed by atoms with van der Waals surface area (Å²) in [7, 11) is 0. The van der Waals surface area contributed by atoms with E-state index in [2.05, 4.69) is 42.5 Å². The highest BCUT2D eigenvalue weighted by Gasteiger charge is 2.19. The number of aromatic nitrogens is 3. The highest BCUT2D eigenvalue weighted by atomic mass is 32.1. The van der Waals surface area contributed by atoms with E-state index in [1.54, 1.807) is 23.5 Å². The number of fused-ring (bicyclic) bond motifs is 6. The molecule has 4 nitrogen and oxygen atoms in total. The zero-order chi connectivity index (χ0) is 33.4. The van der Waals surface area contributed by atoms with E-state index in [0.29, 0.717) is 39.6 Å². The number of nitrogens with zero attached hydrogens (tertiary/aromatic N) is 3. The fourth-order valence-corrected chi connectivity index (χ4v) is 6.97. The average Bonchev–Trinajstić information content (AvgIpc) is 3.72. The SMILES string of the molecule is [2H]c1c([2H])c([2H])c(-c2cccc3c2oc2cccc(-c4nc(-c5ccccc5)nc(-c5ccc6c(c5)sc5ccccc56)n4)c23)c([2H])c1[2H]. The molecule has 9 rings (SSSR count). The first-order valence-electron chi connectivity index (χ1n) is 16.6. The van der Waals surface area contributed by atoms with Gasteiger partial charge in [-0.25, -0.2) is 15.0 Å². The lowest BCUT2D eigenvalue weighted by atomic mass is 10.0. The molecule has 0 N–H and O–H groups in total. The van der Waals surface area contributed by atoms with Crippen molar-refractivity contribution < 1.29 is 11.3 Å². The van der Waals surface area contributed by atoms with Gasteiger partial charge in [-0.3, -0.25) is 0 Å². The summed E-state index contributed by atoms with van der Waals surface area (Å²) in [6, 6.07) is 33.8. The summed E-state index contributed by atoms with van der Waals surface area (Å²) in [6.45, 7) is 0. The molecule has 0 unspecified atom stereocenters. The van der Waals surface area contributed by atoms with Gasteiger partial charge in [-0.1, -0.05) is 121 Å². The van der Waals surface area contributed by atoms with Crippen molar-refractivity contribution in [3.05, 3.63) is 139 Å². The van der Waals surface area contributed by atoms with E-state index < -0.39 is 18.1 Å². The standard InChI is InChI=1S/C39H23N3OS/c1-3-11-24(12-4-1)27-16-9-17-30-35-31(18-10-19-32(35)43-36(27)30)39-41-37(25-13-5-2-6-14-25)40-38(42-39)26-21-22-29-28-15-7-8-20-33(28)44-34(29)23-26/h1-23H/i1D,3D,4D,11D,12D. The molecule has 0 saturated heterocycles. The van der Waals surface area contributed by atoms with E-state index in [4.69, 9.17) is 26.2 Å². The smallest absolute Gasteiger partial charge is 0.164 e. The molecule has 5 heteroatoms. The van der Waals surface area contributed by atoms with Crippen molar-refractivity contribution in [2.24, 2.45) is 0 Å². The number of furan rings is 1. The maximum Gasteiger partial charge on any atom is 0.164 e. The van der Waals surface area contributed by atoms with Crippen LogP contribution >= 0.6 is 11.3 Å². The van der Waals surface area contributed by atoms with Gasteiger partial charge in [0.05, 0.1) is 6.85 Å². The van der Waals surface area contributed by atoms with Crippen molar-refractivity contribution in [3.8, 4) is 45.3 Å². The minimum atomic E-state index is -0.441. The highest BCUT2D eigenvalue weighted by Crippen LogP contribution is 2.41. The van der Waals surface area contributed by atoms with Crippen LogP contribution < -0.4 is 0 Å². The predicted molar refractivity (Wildman–Crippen MR) is 182 cm³/mol. The third-order valence-corrected chi connectivity index (χ3v) is 8.97. The van der Waals surface area contributed by atoms with Crippen LogP contribution in [-0.4, -0.2) is 15.0 Å². The molecule has 3 heterocycles. The van der Waals surface area contributed by atoms with Gasteiger partial charge in [0.2, 0.25) is 0 Å². The second-order valence-corrected chi connectivity index (χ2v) is 11.5. The van der Waals surface area contributed by atoms with Crippen molar-refractivity contribution in [2.45, 2.75) is 0 Å². The Bertz CT molecular complexity index is 2770. The quantitative estimate of drug-likeness (QED) is 0.206. The largest absolute Gasteiger partial charge is 0.455 e. The normalized spacial score (nSPS) is 13.2. The van der Waals surface area contributed by atoms with Gasteiger partial charge >= 0.3 is 0 Å². The first-order chi connectivity index (χ1) is 23.9. The Morgan fingerprint density at radius 2 is 1.23 bits per heavy atom. The Hall–Kier alpha value is -5.65. The molecular formula is C39H23N3OS. The van der Waals surface area contributed by atoms with Crippen LogP contribution in [0.25, 0.3) is 87.4 Å². The fraction of sp³-hybridized carbons (Fsp3) is 0. The van der Waals surface area contributed by atoms with Crippen molar-refractivity contribution >= 4 is 53.4 Å². The Balaban J connectivity index is 1.28. The van der Waals surface area contributed by atoms with Crippen LogP contribution in [0.1, 0.15) is 6.85 Å². The maximum absolute atomic E-state index is 8.61.